The molecule has 1 saturated carbocycles. The standard InChI is InChI=1S/C26H33NO2/c1-25(2)15-14-23(27(5)20-11-12-20)21-13-8-18(16-22(21)25)17-6-9-19(10-7-17)26(3,4)24(28)29/h6-10,13,16,20,23H,11-12,14-15H2,1-5H3,(H,28,29). The Kier molecular flexibility index (Phi) is 4.85. The third-order valence-electron chi connectivity index (χ3n) is 7.27. The maximum Gasteiger partial charge on any atom is 0.313 e. The van der Waals surface area contributed by atoms with Gasteiger partial charge in [0.1, 0.15) is 0 Å². The maximum atomic E-state index is 11.5. The Hall–Kier alpha value is -2.13. The molecule has 1 unspecified atom stereocenters. The van der Waals surface area contributed by atoms with E-state index in [1.54, 1.807) is 13.8 Å². The number of fused-ring (bicyclic) bond motifs is 1. The van der Waals surface area contributed by atoms with Crippen molar-refractivity contribution < 1.29 is 9.90 Å². The number of benzene rings is 2. The quantitative estimate of drug-likeness (QED) is 0.687. The van der Waals surface area contributed by atoms with Crippen molar-refractivity contribution in [3.8, 4) is 11.1 Å². The number of carboxylic acids is 1. The highest BCUT2D eigenvalue weighted by Gasteiger charge is 2.38. The minimum atomic E-state index is -0.878. The van der Waals surface area contributed by atoms with E-state index in [0.29, 0.717) is 6.04 Å². The second kappa shape index (κ2) is 6.98. The lowest BCUT2D eigenvalue weighted by Gasteiger charge is -2.41. The van der Waals surface area contributed by atoms with Crippen LogP contribution in [0.4, 0.5) is 0 Å². The molecule has 154 valence electrons. The summed E-state index contributed by atoms with van der Waals surface area (Å²) in [7, 11) is 2.29. The van der Waals surface area contributed by atoms with Crippen molar-refractivity contribution in [1.82, 2.24) is 4.90 Å². The largest absolute Gasteiger partial charge is 0.481 e. The van der Waals surface area contributed by atoms with Crippen LogP contribution in [0.1, 0.15) is 76.1 Å². The summed E-state index contributed by atoms with van der Waals surface area (Å²) >= 11 is 0. The zero-order valence-corrected chi connectivity index (χ0v) is 18.3. The molecule has 2 aromatic rings. The van der Waals surface area contributed by atoms with E-state index in [1.165, 1.54) is 42.4 Å². The Labute approximate surface area is 174 Å². The van der Waals surface area contributed by atoms with Crippen LogP contribution in [0, 0.1) is 0 Å². The summed E-state index contributed by atoms with van der Waals surface area (Å²) < 4.78 is 0. The summed E-state index contributed by atoms with van der Waals surface area (Å²) in [5.74, 6) is -0.799. The number of nitrogens with zero attached hydrogens (tertiary/aromatic N) is 1. The smallest absolute Gasteiger partial charge is 0.313 e. The number of hydrogen-bond acceptors (Lipinski definition) is 2. The van der Waals surface area contributed by atoms with Crippen LogP contribution in [-0.2, 0) is 15.6 Å². The number of aliphatic carboxylic acids is 1. The Morgan fingerprint density at radius 1 is 1.03 bits per heavy atom. The van der Waals surface area contributed by atoms with E-state index in [2.05, 4.69) is 56.1 Å². The minimum absolute atomic E-state index is 0.178. The lowest BCUT2D eigenvalue weighted by molar-refractivity contribution is -0.142. The van der Waals surface area contributed by atoms with Crippen LogP contribution in [0.25, 0.3) is 11.1 Å². The van der Waals surface area contributed by atoms with Gasteiger partial charge in [-0.2, -0.15) is 0 Å². The predicted octanol–water partition coefficient (Wildman–Crippen LogP) is 5.92. The molecule has 0 amide bonds. The molecule has 0 radical (unpaired) electrons. The summed E-state index contributed by atoms with van der Waals surface area (Å²) in [6, 6.07) is 16.3. The van der Waals surface area contributed by atoms with Gasteiger partial charge < -0.3 is 5.11 Å². The first-order chi connectivity index (χ1) is 13.6. The van der Waals surface area contributed by atoms with E-state index in [1.807, 2.05) is 12.1 Å². The fourth-order valence-corrected chi connectivity index (χ4v) is 4.76. The predicted molar refractivity (Wildman–Crippen MR) is 118 cm³/mol. The van der Waals surface area contributed by atoms with Crippen LogP contribution < -0.4 is 0 Å². The zero-order chi connectivity index (χ0) is 21.0. The SMILES string of the molecule is CN(C1CC1)C1CCC(C)(C)c2cc(-c3ccc(C(C)(C)C(=O)O)cc3)ccc21. The molecule has 0 aromatic heterocycles. The van der Waals surface area contributed by atoms with Crippen molar-refractivity contribution in [1.29, 1.82) is 0 Å². The zero-order valence-electron chi connectivity index (χ0n) is 18.3. The molecule has 0 heterocycles. The van der Waals surface area contributed by atoms with Gasteiger partial charge in [-0.1, -0.05) is 56.3 Å². The van der Waals surface area contributed by atoms with Gasteiger partial charge in [-0.25, -0.2) is 0 Å². The van der Waals surface area contributed by atoms with Crippen LogP contribution in [0.2, 0.25) is 0 Å². The molecule has 1 N–H and O–H groups in total. The van der Waals surface area contributed by atoms with E-state index in [4.69, 9.17) is 0 Å². The number of rotatable bonds is 5. The maximum absolute atomic E-state index is 11.5. The Morgan fingerprint density at radius 3 is 2.24 bits per heavy atom. The van der Waals surface area contributed by atoms with E-state index in [0.717, 1.165) is 17.2 Å². The topological polar surface area (TPSA) is 40.5 Å². The molecule has 2 aliphatic rings. The molecule has 0 spiro atoms. The van der Waals surface area contributed by atoms with Gasteiger partial charge >= 0.3 is 5.97 Å². The van der Waals surface area contributed by atoms with E-state index < -0.39 is 11.4 Å². The minimum Gasteiger partial charge on any atom is -0.481 e. The van der Waals surface area contributed by atoms with Crippen molar-refractivity contribution in [3.05, 3.63) is 59.2 Å². The van der Waals surface area contributed by atoms with Crippen molar-refractivity contribution in [2.45, 2.75) is 76.3 Å². The van der Waals surface area contributed by atoms with Crippen LogP contribution in [-0.4, -0.2) is 29.1 Å². The molecule has 1 fully saturated rings. The normalized spacial score (nSPS) is 21.1. The highest BCUT2D eigenvalue weighted by molar-refractivity contribution is 5.80. The average Bonchev–Trinajstić information content (AvgIpc) is 3.53. The van der Waals surface area contributed by atoms with Gasteiger partial charge in [0, 0.05) is 12.1 Å². The van der Waals surface area contributed by atoms with Crippen LogP contribution in [0.15, 0.2) is 42.5 Å². The number of hydrogen-bond donors (Lipinski definition) is 1. The van der Waals surface area contributed by atoms with Gasteiger partial charge in [-0.15, -0.1) is 0 Å². The molecule has 2 aliphatic carbocycles. The number of carboxylic acid groups (broad SMARTS) is 1. The fraction of sp³-hybridized carbons (Fsp3) is 0.500. The van der Waals surface area contributed by atoms with Gasteiger partial charge in [-0.3, -0.25) is 9.69 Å². The second-order valence-corrected chi connectivity index (χ2v) is 10.1. The Balaban J connectivity index is 1.69. The Morgan fingerprint density at radius 2 is 1.66 bits per heavy atom. The summed E-state index contributed by atoms with van der Waals surface area (Å²) in [5.41, 5.74) is 5.45. The molecule has 3 nitrogen and oxygen atoms in total. The molecule has 3 heteroatoms. The second-order valence-electron chi connectivity index (χ2n) is 10.1. The summed E-state index contributed by atoms with van der Waals surface area (Å²) in [6.45, 7) is 8.23. The summed E-state index contributed by atoms with van der Waals surface area (Å²) in [6.07, 6.45) is 5.11. The molecule has 4 rings (SSSR count). The summed E-state index contributed by atoms with van der Waals surface area (Å²) in [4.78, 5) is 14.1. The molecular weight excluding hydrogens is 358 g/mol. The van der Waals surface area contributed by atoms with Gasteiger partial charge in [0.25, 0.3) is 0 Å². The number of carbonyl (C=O) groups is 1. The van der Waals surface area contributed by atoms with Gasteiger partial charge in [-0.05, 0) is 79.8 Å². The first-order valence-corrected chi connectivity index (χ1v) is 10.8. The van der Waals surface area contributed by atoms with Crippen LogP contribution in [0.3, 0.4) is 0 Å². The molecule has 0 bridgehead atoms. The van der Waals surface area contributed by atoms with Gasteiger partial charge in [0.15, 0.2) is 0 Å². The van der Waals surface area contributed by atoms with Crippen LogP contribution >= 0.6 is 0 Å². The lowest BCUT2D eigenvalue weighted by Crippen LogP contribution is -2.35. The Bertz CT molecular complexity index is 922. The summed E-state index contributed by atoms with van der Waals surface area (Å²) in [5, 5.41) is 9.48. The van der Waals surface area contributed by atoms with E-state index in [9.17, 15) is 9.90 Å². The molecular formula is C26H33NO2. The first-order valence-electron chi connectivity index (χ1n) is 10.8. The molecule has 29 heavy (non-hydrogen) atoms. The van der Waals surface area contributed by atoms with E-state index >= 15 is 0 Å². The van der Waals surface area contributed by atoms with Crippen molar-refractivity contribution in [2.75, 3.05) is 7.05 Å². The molecule has 0 saturated heterocycles. The van der Waals surface area contributed by atoms with Crippen molar-refractivity contribution in [3.63, 3.8) is 0 Å². The van der Waals surface area contributed by atoms with E-state index in [-0.39, 0.29) is 5.41 Å². The van der Waals surface area contributed by atoms with Gasteiger partial charge in [0.05, 0.1) is 5.41 Å². The lowest BCUT2D eigenvalue weighted by atomic mass is 9.70. The third-order valence-corrected chi connectivity index (χ3v) is 7.27. The average molecular weight is 392 g/mol. The van der Waals surface area contributed by atoms with Gasteiger partial charge in [0.2, 0.25) is 0 Å². The van der Waals surface area contributed by atoms with Crippen molar-refractivity contribution >= 4 is 5.97 Å². The van der Waals surface area contributed by atoms with Crippen molar-refractivity contribution in [2.24, 2.45) is 0 Å². The molecule has 2 aromatic carbocycles. The van der Waals surface area contributed by atoms with Crippen LogP contribution in [0.5, 0.6) is 0 Å². The molecule has 0 aliphatic heterocycles. The highest BCUT2D eigenvalue weighted by atomic mass is 16.4. The first kappa shape index (κ1) is 20.2. The third kappa shape index (κ3) is 3.61. The fourth-order valence-electron chi connectivity index (χ4n) is 4.76. The monoisotopic (exact) mass is 391 g/mol. The molecule has 1 atom stereocenters. The highest BCUT2D eigenvalue weighted by Crippen LogP contribution is 2.47.